The number of fused-ring (bicyclic) bond motifs is 3. The number of hydrogen-bond donors (Lipinski definition) is 1. The monoisotopic (exact) mass is 537 g/mol. The summed E-state index contributed by atoms with van der Waals surface area (Å²) in [4.78, 5) is 29.9. The van der Waals surface area contributed by atoms with Gasteiger partial charge in [0.15, 0.2) is 23.3 Å². The number of amides is 1. The maximum Gasteiger partial charge on any atom is 0.414 e. The normalized spacial score (nSPS) is 38.4. The number of aryl methyl sites for hydroxylation is 1. The zero-order chi connectivity index (χ0) is 28.7. The summed E-state index contributed by atoms with van der Waals surface area (Å²) in [6.07, 6.45) is 2.04. The Morgan fingerprint density at radius 2 is 1.77 bits per heavy atom. The number of carbonyl (C=O) groups excluding carboxylic acids is 2. The molecular weight excluding hydrogens is 494 g/mol. The molecule has 1 aromatic carbocycles. The minimum Gasteiger partial charge on any atom is -0.438 e. The summed E-state index contributed by atoms with van der Waals surface area (Å²) in [5, 5.41) is 13.1. The fourth-order valence-electron chi connectivity index (χ4n) is 7.58. The van der Waals surface area contributed by atoms with Gasteiger partial charge in [-0.05, 0) is 74.1 Å². The first kappa shape index (κ1) is 28.1. The van der Waals surface area contributed by atoms with E-state index in [1.165, 1.54) is 4.90 Å². The number of hydrogen-bond acceptors (Lipinski definition) is 6. The Morgan fingerprint density at radius 3 is 2.44 bits per heavy atom. The quantitative estimate of drug-likeness (QED) is 0.495. The highest BCUT2D eigenvalue weighted by Crippen LogP contribution is 2.63. The average Bonchev–Trinajstić information content (AvgIpc) is 3.02. The van der Waals surface area contributed by atoms with E-state index >= 15 is 0 Å². The largest absolute Gasteiger partial charge is 0.438 e. The highest BCUT2D eigenvalue weighted by atomic mass is 16.7. The van der Waals surface area contributed by atoms with Crippen LogP contribution in [0.5, 0.6) is 0 Å². The predicted octanol–water partition coefficient (Wildman–Crippen LogP) is 5.59. The molecule has 0 radical (unpaired) electrons. The van der Waals surface area contributed by atoms with Crippen LogP contribution < -0.4 is 4.90 Å². The van der Waals surface area contributed by atoms with Crippen molar-refractivity contribution in [1.82, 2.24) is 0 Å². The molecule has 212 valence electrons. The molecule has 7 nitrogen and oxygen atoms in total. The van der Waals surface area contributed by atoms with Crippen LogP contribution in [-0.2, 0) is 19.0 Å². The lowest BCUT2D eigenvalue weighted by atomic mass is 9.59. The topological polar surface area (TPSA) is 85.3 Å². The zero-order valence-corrected chi connectivity index (χ0v) is 24.7. The van der Waals surface area contributed by atoms with Crippen molar-refractivity contribution in [2.75, 3.05) is 18.6 Å². The molecule has 7 heteroatoms. The number of aliphatic hydroxyl groups is 1. The van der Waals surface area contributed by atoms with Crippen molar-refractivity contribution in [1.29, 1.82) is 0 Å². The maximum atomic E-state index is 14.8. The average molecular weight is 538 g/mol. The van der Waals surface area contributed by atoms with E-state index in [0.717, 1.165) is 17.6 Å². The van der Waals surface area contributed by atoms with Crippen molar-refractivity contribution in [3.63, 3.8) is 0 Å². The van der Waals surface area contributed by atoms with E-state index in [4.69, 9.17) is 14.2 Å². The summed E-state index contributed by atoms with van der Waals surface area (Å²) in [7, 11) is 1.66. The highest BCUT2D eigenvalue weighted by molar-refractivity contribution is 5.95. The maximum absolute atomic E-state index is 14.8. The van der Waals surface area contributed by atoms with Gasteiger partial charge in [-0.2, -0.15) is 0 Å². The van der Waals surface area contributed by atoms with E-state index in [9.17, 15) is 14.7 Å². The first-order valence-corrected chi connectivity index (χ1v) is 14.1. The summed E-state index contributed by atoms with van der Waals surface area (Å²) >= 11 is 0. The molecule has 39 heavy (non-hydrogen) atoms. The molecule has 1 amide bonds. The van der Waals surface area contributed by atoms with Crippen LogP contribution in [0.15, 0.2) is 47.6 Å². The third-order valence-corrected chi connectivity index (χ3v) is 10.3. The van der Waals surface area contributed by atoms with Crippen molar-refractivity contribution in [2.45, 2.75) is 85.4 Å². The van der Waals surface area contributed by atoms with E-state index in [1.807, 2.05) is 71.0 Å². The number of allylic oxidation sites excluding steroid dienone is 1. The van der Waals surface area contributed by atoms with Gasteiger partial charge in [0.25, 0.3) is 0 Å². The number of benzene rings is 1. The summed E-state index contributed by atoms with van der Waals surface area (Å²) < 4.78 is 18.7. The Hall–Kier alpha value is -2.48. The van der Waals surface area contributed by atoms with Gasteiger partial charge in [0, 0.05) is 18.7 Å². The number of para-hydroxylation sites is 1. The lowest BCUT2D eigenvalue weighted by Crippen LogP contribution is -2.68. The molecule has 1 spiro atoms. The molecule has 1 aliphatic heterocycles. The standard InChI is InChI=1S/C32H43NO6/c1-18-12-10-11-13-24(18)33(9)28(35)38-26-19(2)16-31-21(4)14-20(3)29(5,6)23(25(31)34)15-22-17-37-30(7,8)39-27(22)32(26,31)36/h10-13,15-16,20-21,23,26-27,36H,14,17H2,1-9H3/t20-,21+,23+,26-,27+,31-,32+/m0/s1. The van der Waals surface area contributed by atoms with Crippen LogP contribution in [0.3, 0.4) is 0 Å². The van der Waals surface area contributed by atoms with Crippen molar-refractivity contribution < 1.29 is 28.9 Å². The molecule has 5 rings (SSSR count). The summed E-state index contributed by atoms with van der Waals surface area (Å²) in [5.74, 6) is -1.50. The Kier molecular flexibility index (Phi) is 6.49. The van der Waals surface area contributed by atoms with Crippen molar-refractivity contribution in [3.8, 4) is 0 Å². The van der Waals surface area contributed by atoms with E-state index in [-0.39, 0.29) is 29.6 Å². The molecule has 1 saturated carbocycles. The van der Waals surface area contributed by atoms with Gasteiger partial charge in [0.2, 0.25) is 0 Å². The Bertz CT molecular complexity index is 1260. The fraction of sp³-hybridized carbons (Fsp3) is 0.625. The highest BCUT2D eigenvalue weighted by Gasteiger charge is 2.74. The zero-order valence-electron chi connectivity index (χ0n) is 24.7. The molecule has 1 saturated heterocycles. The molecule has 2 fully saturated rings. The number of anilines is 1. The van der Waals surface area contributed by atoms with E-state index < -0.39 is 41.0 Å². The molecule has 1 N–H and O–H groups in total. The van der Waals surface area contributed by atoms with Gasteiger partial charge in [0.05, 0.1) is 12.0 Å². The van der Waals surface area contributed by atoms with E-state index in [0.29, 0.717) is 11.3 Å². The summed E-state index contributed by atoms with van der Waals surface area (Å²) in [5.41, 5.74) is -0.488. The number of ketones is 1. The molecular formula is C32H43NO6. The molecule has 7 atom stereocenters. The van der Waals surface area contributed by atoms with Crippen LogP contribution in [0.2, 0.25) is 0 Å². The molecule has 3 aliphatic carbocycles. The van der Waals surface area contributed by atoms with Crippen LogP contribution >= 0.6 is 0 Å². The van der Waals surface area contributed by atoms with Gasteiger partial charge in [0.1, 0.15) is 6.10 Å². The van der Waals surface area contributed by atoms with Gasteiger partial charge < -0.3 is 19.3 Å². The third-order valence-electron chi connectivity index (χ3n) is 10.3. The smallest absolute Gasteiger partial charge is 0.414 e. The summed E-state index contributed by atoms with van der Waals surface area (Å²) in [6.45, 7) is 16.1. The molecule has 1 heterocycles. The van der Waals surface area contributed by atoms with Crippen molar-refractivity contribution in [2.24, 2.45) is 28.6 Å². The SMILES string of the molecule is CC1=C[C@]23C(=O)[C@@H](C=C4COC(C)(C)O[C@H]4[C@]2(O)[C@H]1OC(=O)N(C)c1ccccc1C)C(C)(C)[C@@H](C)C[C@H]3C. The molecule has 0 aromatic heterocycles. The van der Waals surface area contributed by atoms with Gasteiger partial charge in [-0.15, -0.1) is 0 Å². The van der Waals surface area contributed by atoms with Crippen molar-refractivity contribution in [3.05, 3.63) is 53.1 Å². The van der Waals surface area contributed by atoms with Gasteiger partial charge in [-0.1, -0.05) is 58.0 Å². The Labute approximate surface area is 232 Å². The molecule has 4 aliphatic rings. The third kappa shape index (κ3) is 3.87. The lowest BCUT2D eigenvalue weighted by Gasteiger charge is -2.52. The first-order chi connectivity index (χ1) is 18.1. The second kappa shape index (κ2) is 9.02. The first-order valence-electron chi connectivity index (χ1n) is 14.1. The minimum absolute atomic E-state index is 0.0414. The van der Waals surface area contributed by atoms with Crippen LogP contribution in [0.25, 0.3) is 0 Å². The summed E-state index contributed by atoms with van der Waals surface area (Å²) in [6, 6.07) is 7.56. The number of carbonyl (C=O) groups is 2. The fourth-order valence-corrected chi connectivity index (χ4v) is 7.58. The van der Waals surface area contributed by atoms with Crippen LogP contribution in [0, 0.1) is 35.5 Å². The molecule has 0 unspecified atom stereocenters. The van der Waals surface area contributed by atoms with E-state index in [1.54, 1.807) is 7.05 Å². The van der Waals surface area contributed by atoms with Crippen molar-refractivity contribution >= 4 is 17.6 Å². The Morgan fingerprint density at radius 1 is 1.10 bits per heavy atom. The van der Waals surface area contributed by atoms with Gasteiger partial charge in [-0.3, -0.25) is 9.69 Å². The number of ether oxygens (including phenoxy) is 3. The lowest BCUT2D eigenvalue weighted by molar-refractivity contribution is -0.302. The number of Topliss-reactive ketones (excluding diaryl/α,β-unsaturated/α-hetero) is 1. The molecule has 2 bridgehead atoms. The predicted molar refractivity (Wildman–Crippen MR) is 149 cm³/mol. The van der Waals surface area contributed by atoms with Crippen LogP contribution in [0.4, 0.5) is 10.5 Å². The number of rotatable bonds is 2. The van der Waals surface area contributed by atoms with E-state index in [2.05, 4.69) is 20.8 Å². The van der Waals surface area contributed by atoms with Gasteiger partial charge in [-0.25, -0.2) is 4.79 Å². The minimum atomic E-state index is -1.85. The van der Waals surface area contributed by atoms with Gasteiger partial charge >= 0.3 is 6.09 Å². The second-order valence-corrected chi connectivity index (χ2v) is 13.3. The Balaban J connectivity index is 1.67. The molecule has 1 aromatic rings. The van der Waals surface area contributed by atoms with Crippen LogP contribution in [0.1, 0.15) is 60.5 Å². The number of nitrogens with zero attached hydrogens (tertiary/aromatic N) is 1. The van der Waals surface area contributed by atoms with Crippen LogP contribution in [-0.4, -0.2) is 54.2 Å². The second-order valence-electron chi connectivity index (χ2n) is 13.3.